The summed E-state index contributed by atoms with van der Waals surface area (Å²) in [7, 11) is 3.88. The normalized spacial score (nSPS) is 28.5. The predicted octanol–water partition coefficient (Wildman–Crippen LogP) is 1.48. The van der Waals surface area contributed by atoms with E-state index in [1.54, 1.807) is 7.11 Å². The summed E-state index contributed by atoms with van der Waals surface area (Å²) in [5, 5.41) is 0. The maximum atomic E-state index is 5.42. The van der Waals surface area contributed by atoms with Crippen molar-refractivity contribution in [1.82, 2.24) is 9.80 Å². The van der Waals surface area contributed by atoms with Gasteiger partial charge in [0.2, 0.25) is 0 Å². The Morgan fingerprint density at radius 2 is 1.84 bits per heavy atom. The molecule has 0 aliphatic carbocycles. The largest absolute Gasteiger partial charge is 0.353 e. The van der Waals surface area contributed by atoms with Crippen molar-refractivity contribution in [3.05, 3.63) is 35.4 Å². The summed E-state index contributed by atoms with van der Waals surface area (Å²) < 4.78 is 10.6. The molecule has 2 fully saturated rings. The minimum absolute atomic E-state index is 0.0384. The summed E-state index contributed by atoms with van der Waals surface area (Å²) in [5.41, 5.74) is 2.59. The minimum Gasteiger partial charge on any atom is -0.353 e. The number of likely N-dealkylation sites (N-methyl/N-ethyl adjacent to an activating group) is 1. The van der Waals surface area contributed by atoms with Gasteiger partial charge in [-0.25, -0.2) is 0 Å². The van der Waals surface area contributed by atoms with E-state index in [1.807, 2.05) is 0 Å². The molecule has 0 amide bonds. The molecule has 4 nitrogen and oxygen atoms in total. The maximum Gasteiger partial charge on any atom is 0.188 e. The molecule has 0 radical (unpaired) electrons. The number of benzene rings is 1. The van der Waals surface area contributed by atoms with E-state index in [2.05, 4.69) is 41.1 Å². The molecule has 1 aromatic rings. The summed E-state index contributed by atoms with van der Waals surface area (Å²) >= 11 is 0. The molecule has 4 heteroatoms. The van der Waals surface area contributed by atoms with E-state index in [-0.39, 0.29) is 12.4 Å². The number of hydrogen-bond donors (Lipinski definition) is 0. The topological polar surface area (TPSA) is 28.2 Å². The van der Waals surface area contributed by atoms with Crippen LogP contribution in [0.4, 0.5) is 0 Å². The fourth-order valence-corrected chi connectivity index (χ4v) is 2.59. The monoisotopic (exact) mass is 262 g/mol. The molecule has 2 heterocycles. The summed E-state index contributed by atoms with van der Waals surface area (Å²) in [6.45, 7) is 5.71. The molecule has 2 aliphatic rings. The Balaban J connectivity index is 1.54. The standard InChI is InChI=1S/C15H22N2O2/c1-16-7-9-17(10-8-16)11-12-3-5-13(6-4-12)14-15(18-2)19-14/h3-6,14-15H,7-11H2,1-2H3. The summed E-state index contributed by atoms with van der Waals surface area (Å²) in [4.78, 5) is 4.90. The highest BCUT2D eigenvalue weighted by atomic mass is 16.8. The predicted molar refractivity (Wildman–Crippen MR) is 73.8 cm³/mol. The van der Waals surface area contributed by atoms with Crippen LogP contribution in [0, 0.1) is 0 Å². The highest BCUT2D eigenvalue weighted by molar-refractivity contribution is 5.26. The van der Waals surface area contributed by atoms with E-state index in [0.717, 1.165) is 19.6 Å². The van der Waals surface area contributed by atoms with Crippen molar-refractivity contribution in [1.29, 1.82) is 0 Å². The smallest absolute Gasteiger partial charge is 0.188 e. The molecular formula is C15H22N2O2. The average molecular weight is 262 g/mol. The first kappa shape index (κ1) is 13.1. The van der Waals surface area contributed by atoms with Crippen molar-refractivity contribution in [2.24, 2.45) is 0 Å². The van der Waals surface area contributed by atoms with Crippen molar-refractivity contribution >= 4 is 0 Å². The highest BCUT2D eigenvalue weighted by Gasteiger charge is 2.40. The lowest BCUT2D eigenvalue weighted by atomic mass is 10.1. The third kappa shape index (κ3) is 3.15. The quantitative estimate of drug-likeness (QED) is 0.768. The lowest BCUT2D eigenvalue weighted by Crippen LogP contribution is -2.43. The number of methoxy groups -OCH3 is 1. The number of piperazine rings is 1. The van der Waals surface area contributed by atoms with E-state index < -0.39 is 0 Å². The van der Waals surface area contributed by atoms with Gasteiger partial charge in [-0.05, 0) is 18.2 Å². The number of nitrogens with zero attached hydrogens (tertiary/aromatic N) is 2. The third-order valence-electron chi connectivity index (χ3n) is 3.99. The fraction of sp³-hybridized carbons (Fsp3) is 0.600. The molecule has 2 unspecified atom stereocenters. The van der Waals surface area contributed by atoms with Crippen LogP contribution >= 0.6 is 0 Å². The van der Waals surface area contributed by atoms with Crippen LogP contribution in [0.5, 0.6) is 0 Å². The molecule has 2 aliphatic heterocycles. The molecule has 0 bridgehead atoms. The van der Waals surface area contributed by atoms with Crippen molar-refractivity contribution in [2.45, 2.75) is 18.9 Å². The minimum atomic E-state index is -0.0384. The van der Waals surface area contributed by atoms with E-state index in [9.17, 15) is 0 Å². The molecule has 0 N–H and O–H groups in total. The first-order valence-electron chi connectivity index (χ1n) is 6.94. The van der Waals surface area contributed by atoms with Gasteiger partial charge in [0.25, 0.3) is 0 Å². The molecule has 0 aromatic heterocycles. The van der Waals surface area contributed by atoms with Gasteiger partial charge < -0.3 is 14.4 Å². The van der Waals surface area contributed by atoms with Gasteiger partial charge in [-0.2, -0.15) is 0 Å². The molecule has 0 saturated carbocycles. The van der Waals surface area contributed by atoms with Gasteiger partial charge >= 0.3 is 0 Å². The van der Waals surface area contributed by atoms with Gasteiger partial charge in [0.05, 0.1) is 0 Å². The molecule has 2 atom stereocenters. The number of ether oxygens (including phenoxy) is 2. The Kier molecular flexibility index (Phi) is 3.84. The fourth-order valence-electron chi connectivity index (χ4n) is 2.59. The van der Waals surface area contributed by atoms with Crippen LogP contribution in [0.25, 0.3) is 0 Å². The van der Waals surface area contributed by atoms with Gasteiger partial charge in [0.15, 0.2) is 6.29 Å². The van der Waals surface area contributed by atoms with Gasteiger partial charge in [-0.15, -0.1) is 0 Å². The lowest BCUT2D eigenvalue weighted by Gasteiger charge is -2.32. The van der Waals surface area contributed by atoms with E-state index in [1.165, 1.54) is 24.2 Å². The van der Waals surface area contributed by atoms with Crippen LogP contribution in [-0.2, 0) is 16.0 Å². The molecular weight excluding hydrogens is 240 g/mol. The second-order valence-corrected chi connectivity index (χ2v) is 5.48. The van der Waals surface area contributed by atoms with E-state index in [4.69, 9.17) is 9.47 Å². The van der Waals surface area contributed by atoms with Gasteiger partial charge in [-0.1, -0.05) is 24.3 Å². The van der Waals surface area contributed by atoms with Crippen LogP contribution in [0.3, 0.4) is 0 Å². The lowest BCUT2D eigenvalue weighted by molar-refractivity contribution is 0.0950. The maximum absolute atomic E-state index is 5.42. The number of hydrogen-bond acceptors (Lipinski definition) is 4. The zero-order chi connectivity index (χ0) is 13.2. The van der Waals surface area contributed by atoms with E-state index >= 15 is 0 Å². The molecule has 19 heavy (non-hydrogen) atoms. The number of rotatable bonds is 4. The number of epoxide rings is 1. The van der Waals surface area contributed by atoms with Crippen LogP contribution in [-0.4, -0.2) is 56.4 Å². The second-order valence-electron chi connectivity index (χ2n) is 5.48. The first-order chi connectivity index (χ1) is 9.26. The Bertz CT molecular complexity index is 413. The summed E-state index contributed by atoms with van der Waals surface area (Å²) in [6.07, 6.45) is 0.103. The highest BCUT2D eigenvalue weighted by Crippen LogP contribution is 2.38. The van der Waals surface area contributed by atoms with Crippen molar-refractivity contribution in [2.75, 3.05) is 40.3 Å². The Morgan fingerprint density at radius 1 is 1.16 bits per heavy atom. The van der Waals surface area contributed by atoms with Gasteiger partial charge in [0, 0.05) is 39.8 Å². The zero-order valence-corrected chi connectivity index (χ0v) is 11.7. The molecule has 1 aromatic carbocycles. The van der Waals surface area contributed by atoms with Crippen LogP contribution in [0.15, 0.2) is 24.3 Å². The second kappa shape index (κ2) is 5.59. The summed E-state index contributed by atoms with van der Waals surface area (Å²) in [5.74, 6) is 0. The first-order valence-corrected chi connectivity index (χ1v) is 6.94. The summed E-state index contributed by atoms with van der Waals surface area (Å²) in [6, 6.07) is 8.74. The molecule has 2 saturated heterocycles. The zero-order valence-electron chi connectivity index (χ0n) is 11.7. The molecule has 3 rings (SSSR count). The van der Waals surface area contributed by atoms with Crippen molar-refractivity contribution in [3.8, 4) is 0 Å². The van der Waals surface area contributed by atoms with Gasteiger partial charge in [-0.3, -0.25) is 4.90 Å². The molecule has 104 valence electrons. The Hall–Kier alpha value is -0.940. The SMILES string of the molecule is COC1OC1c1ccc(CN2CCN(C)CC2)cc1. The van der Waals surface area contributed by atoms with Crippen molar-refractivity contribution < 1.29 is 9.47 Å². The molecule has 0 spiro atoms. The Morgan fingerprint density at radius 3 is 2.42 bits per heavy atom. The van der Waals surface area contributed by atoms with Crippen LogP contribution in [0.2, 0.25) is 0 Å². The Labute approximate surface area is 114 Å². The van der Waals surface area contributed by atoms with Gasteiger partial charge in [0.1, 0.15) is 6.10 Å². The van der Waals surface area contributed by atoms with Crippen LogP contribution in [0.1, 0.15) is 17.2 Å². The third-order valence-corrected chi connectivity index (χ3v) is 3.99. The van der Waals surface area contributed by atoms with Crippen molar-refractivity contribution in [3.63, 3.8) is 0 Å². The van der Waals surface area contributed by atoms with Crippen LogP contribution < -0.4 is 0 Å². The average Bonchev–Trinajstić information content (AvgIpc) is 3.22. The van der Waals surface area contributed by atoms with E-state index in [0.29, 0.717) is 0 Å².